The van der Waals surface area contributed by atoms with E-state index in [0.29, 0.717) is 6.04 Å². The van der Waals surface area contributed by atoms with Gasteiger partial charge in [0.25, 0.3) is 0 Å². The molecule has 0 fully saturated rings. The smallest absolute Gasteiger partial charge is 0.162 e. The molecule has 112 valence electrons. The Balaban J connectivity index is 1.93. The summed E-state index contributed by atoms with van der Waals surface area (Å²) in [7, 11) is 0. The molecule has 1 unspecified atom stereocenters. The van der Waals surface area contributed by atoms with Crippen LogP contribution in [0.3, 0.4) is 0 Å². The molecule has 1 N–H and O–H groups in total. The van der Waals surface area contributed by atoms with E-state index in [1.165, 1.54) is 17.7 Å². The maximum Gasteiger partial charge on any atom is 0.162 e. The summed E-state index contributed by atoms with van der Waals surface area (Å²) in [5, 5.41) is 3.55. The number of nitrogens with one attached hydrogen (secondary N) is 1. The minimum atomic E-state index is 0.589. The van der Waals surface area contributed by atoms with Gasteiger partial charge < -0.3 is 14.8 Å². The molecule has 20 heavy (non-hydrogen) atoms. The summed E-state index contributed by atoms with van der Waals surface area (Å²) >= 11 is 1.89. The Kier molecular flexibility index (Phi) is 6.54. The zero-order valence-electron chi connectivity index (χ0n) is 12.5. The van der Waals surface area contributed by atoms with E-state index < -0.39 is 0 Å². The first-order chi connectivity index (χ1) is 9.83. The summed E-state index contributed by atoms with van der Waals surface area (Å²) in [6.45, 7) is 6.94. The van der Waals surface area contributed by atoms with E-state index in [2.05, 4.69) is 31.3 Å². The molecule has 0 spiro atoms. The largest absolute Gasteiger partial charge is 0.490 e. The van der Waals surface area contributed by atoms with Crippen LogP contribution in [0.2, 0.25) is 0 Å². The summed E-state index contributed by atoms with van der Waals surface area (Å²) in [5.74, 6) is 2.87. The first-order valence-corrected chi connectivity index (χ1v) is 8.57. The van der Waals surface area contributed by atoms with Crippen molar-refractivity contribution in [2.45, 2.75) is 44.0 Å². The van der Waals surface area contributed by atoms with Crippen LogP contribution in [0, 0.1) is 0 Å². The lowest BCUT2D eigenvalue weighted by atomic mass is 10.2. The zero-order valence-corrected chi connectivity index (χ0v) is 13.3. The lowest BCUT2D eigenvalue weighted by molar-refractivity contribution is 0.297. The second kappa shape index (κ2) is 8.42. The number of ether oxygens (including phenoxy) is 2. The van der Waals surface area contributed by atoms with Gasteiger partial charge in [-0.05, 0) is 31.2 Å². The highest BCUT2D eigenvalue weighted by Gasteiger charge is 2.12. The summed E-state index contributed by atoms with van der Waals surface area (Å²) in [6, 6.07) is 6.87. The standard InChI is InChI=1S/C16H25NO2S/c1-3-6-13(17-4-2)12-20-14-7-8-15-16(11-14)19-10-5-9-18-15/h7-8,11,13,17H,3-6,9-10,12H2,1-2H3. The van der Waals surface area contributed by atoms with Crippen molar-refractivity contribution in [1.82, 2.24) is 5.32 Å². The Hall–Kier alpha value is -0.870. The third-order valence-electron chi connectivity index (χ3n) is 3.30. The van der Waals surface area contributed by atoms with Crippen molar-refractivity contribution >= 4 is 11.8 Å². The van der Waals surface area contributed by atoms with Crippen LogP contribution in [0.15, 0.2) is 23.1 Å². The molecule has 0 amide bonds. The van der Waals surface area contributed by atoms with Gasteiger partial charge in [-0.1, -0.05) is 20.3 Å². The fourth-order valence-corrected chi connectivity index (χ4v) is 3.34. The molecule has 3 nitrogen and oxygen atoms in total. The third kappa shape index (κ3) is 4.60. The van der Waals surface area contributed by atoms with Crippen LogP contribution < -0.4 is 14.8 Å². The Morgan fingerprint density at radius 1 is 1.20 bits per heavy atom. The lowest BCUT2D eigenvalue weighted by Gasteiger charge is -2.17. The zero-order chi connectivity index (χ0) is 14.2. The number of benzene rings is 1. The maximum absolute atomic E-state index is 5.74. The van der Waals surface area contributed by atoms with Crippen molar-refractivity contribution in [1.29, 1.82) is 0 Å². The van der Waals surface area contributed by atoms with Gasteiger partial charge in [-0.2, -0.15) is 0 Å². The van der Waals surface area contributed by atoms with E-state index in [0.717, 1.165) is 43.4 Å². The quantitative estimate of drug-likeness (QED) is 0.777. The van der Waals surface area contributed by atoms with Crippen LogP contribution in [0.5, 0.6) is 11.5 Å². The molecule has 2 rings (SSSR count). The predicted octanol–water partition coefficient (Wildman–Crippen LogP) is 3.72. The Labute approximate surface area is 126 Å². The van der Waals surface area contributed by atoms with Crippen molar-refractivity contribution < 1.29 is 9.47 Å². The van der Waals surface area contributed by atoms with Crippen LogP contribution in [0.1, 0.15) is 33.1 Å². The van der Waals surface area contributed by atoms with Gasteiger partial charge in [-0.25, -0.2) is 0 Å². The Morgan fingerprint density at radius 3 is 2.75 bits per heavy atom. The topological polar surface area (TPSA) is 30.5 Å². The van der Waals surface area contributed by atoms with Crippen molar-refractivity contribution in [3.05, 3.63) is 18.2 Å². The molecule has 0 aromatic heterocycles. The SMILES string of the molecule is CCCC(CSc1ccc2c(c1)OCCCO2)NCC. The molecule has 1 aromatic rings. The van der Waals surface area contributed by atoms with Gasteiger partial charge in [-0.15, -0.1) is 11.8 Å². The van der Waals surface area contributed by atoms with E-state index in [4.69, 9.17) is 9.47 Å². The van der Waals surface area contributed by atoms with Crippen LogP contribution in [0.4, 0.5) is 0 Å². The normalized spacial score (nSPS) is 15.7. The fourth-order valence-electron chi connectivity index (χ4n) is 2.31. The highest BCUT2D eigenvalue weighted by molar-refractivity contribution is 7.99. The van der Waals surface area contributed by atoms with Gasteiger partial charge in [0.2, 0.25) is 0 Å². The number of fused-ring (bicyclic) bond motifs is 1. The number of hydrogen-bond donors (Lipinski definition) is 1. The molecular formula is C16H25NO2S. The number of hydrogen-bond acceptors (Lipinski definition) is 4. The molecular weight excluding hydrogens is 270 g/mol. The van der Waals surface area contributed by atoms with Gasteiger partial charge in [0, 0.05) is 23.1 Å². The van der Waals surface area contributed by atoms with E-state index in [-0.39, 0.29) is 0 Å². The van der Waals surface area contributed by atoms with Gasteiger partial charge in [-0.3, -0.25) is 0 Å². The number of thioether (sulfide) groups is 1. The molecule has 1 aliphatic rings. The minimum Gasteiger partial charge on any atom is -0.490 e. The average Bonchev–Trinajstić information content (AvgIpc) is 2.70. The highest BCUT2D eigenvalue weighted by Crippen LogP contribution is 2.34. The average molecular weight is 295 g/mol. The molecule has 1 aromatic carbocycles. The molecule has 1 heterocycles. The van der Waals surface area contributed by atoms with E-state index in [1.807, 2.05) is 17.8 Å². The second-order valence-corrected chi connectivity index (χ2v) is 6.11. The summed E-state index contributed by atoms with van der Waals surface area (Å²) in [5.41, 5.74) is 0. The van der Waals surface area contributed by atoms with Crippen LogP contribution >= 0.6 is 11.8 Å². The van der Waals surface area contributed by atoms with Gasteiger partial charge >= 0.3 is 0 Å². The summed E-state index contributed by atoms with van der Waals surface area (Å²) < 4.78 is 11.4. The van der Waals surface area contributed by atoms with Gasteiger partial charge in [0.1, 0.15) is 0 Å². The fraction of sp³-hybridized carbons (Fsp3) is 0.625. The van der Waals surface area contributed by atoms with Crippen molar-refractivity contribution in [2.75, 3.05) is 25.5 Å². The monoisotopic (exact) mass is 295 g/mol. The third-order valence-corrected chi connectivity index (χ3v) is 4.46. The van der Waals surface area contributed by atoms with E-state index in [1.54, 1.807) is 0 Å². The van der Waals surface area contributed by atoms with Crippen molar-refractivity contribution in [3.8, 4) is 11.5 Å². The van der Waals surface area contributed by atoms with Crippen molar-refractivity contribution in [2.24, 2.45) is 0 Å². The predicted molar refractivity (Wildman–Crippen MR) is 85.1 cm³/mol. The minimum absolute atomic E-state index is 0.589. The summed E-state index contributed by atoms with van der Waals surface area (Å²) in [4.78, 5) is 1.26. The van der Waals surface area contributed by atoms with Gasteiger partial charge in [0.05, 0.1) is 13.2 Å². The first-order valence-electron chi connectivity index (χ1n) is 7.59. The van der Waals surface area contributed by atoms with E-state index >= 15 is 0 Å². The molecule has 1 atom stereocenters. The van der Waals surface area contributed by atoms with Crippen molar-refractivity contribution in [3.63, 3.8) is 0 Å². The summed E-state index contributed by atoms with van der Waals surface area (Å²) in [6.07, 6.45) is 3.40. The molecule has 1 aliphatic heterocycles. The molecule has 4 heteroatoms. The maximum atomic E-state index is 5.74. The Bertz CT molecular complexity index is 405. The lowest BCUT2D eigenvalue weighted by Crippen LogP contribution is -2.30. The first kappa shape index (κ1) is 15.5. The van der Waals surface area contributed by atoms with Crippen LogP contribution in [0.25, 0.3) is 0 Å². The second-order valence-electron chi connectivity index (χ2n) is 5.01. The van der Waals surface area contributed by atoms with E-state index in [9.17, 15) is 0 Å². The molecule has 0 bridgehead atoms. The number of rotatable bonds is 7. The van der Waals surface area contributed by atoms with Crippen LogP contribution in [-0.4, -0.2) is 31.6 Å². The molecule has 0 saturated heterocycles. The molecule has 0 radical (unpaired) electrons. The van der Waals surface area contributed by atoms with Gasteiger partial charge in [0.15, 0.2) is 11.5 Å². The highest BCUT2D eigenvalue weighted by atomic mass is 32.2. The molecule has 0 aliphatic carbocycles. The molecule has 0 saturated carbocycles. The Morgan fingerprint density at radius 2 is 2.00 bits per heavy atom. The van der Waals surface area contributed by atoms with Crippen LogP contribution in [-0.2, 0) is 0 Å².